The molecule has 0 aromatic carbocycles. The van der Waals surface area contributed by atoms with E-state index in [0.717, 1.165) is 19.3 Å². The Balaban J connectivity index is 1.96. The number of nitrogens with zero attached hydrogens (tertiary/aromatic N) is 2. The molecule has 3 N–H and O–H groups in total. The number of amides is 3. The number of nitrogens with two attached hydrogens (primary N) is 1. The van der Waals surface area contributed by atoms with Crippen LogP contribution in [0.1, 0.15) is 25.7 Å². The van der Waals surface area contributed by atoms with Crippen LogP contribution in [0.3, 0.4) is 0 Å². The molecule has 2 saturated heterocycles. The number of hydrogen-bond donors (Lipinski definition) is 2. The lowest BCUT2D eigenvalue weighted by Gasteiger charge is -2.37. The van der Waals surface area contributed by atoms with E-state index in [9.17, 15) is 14.4 Å². The maximum Gasteiger partial charge on any atom is 0.314 e. The van der Waals surface area contributed by atoms with Crippen molar-refractivity contribution < 1.29 is 19.5 Å². The average molecular weight is 283 g/mol. The van der Waals surface area contributed by atoms with Gasteiger partial charge in [0.2, 0.25) is 5.91 Å². The number of aliphatic carboxylic acids is 1. The minimum Gasteiger partial charge on any atom is -0.481 e. The summed E-state index contributed by atoms with van der Waals surface area (Å²) in [5, 5.41) is 9.06. The molecule has 2 heterocycles. The smallest absolute Gasteiger partial charge is 0.314 e. The zero-order valence-electron chi connectivity index (χ0n) is 11.5. The van der Waals surface area contributed by atoms with Crippen LogP contribution < -0.4 is 5.73 Å². The summed E-state index contributed by atoms with van der Waals surface area (Å²) in [5.74, 6) is -1.60. The fourth-order valence-electron chi connectivity index (χ4n) is 3.02. The molecule has 112 valence electrons. The van der Waals surface area contributed by atoms with Gasteiger partial charge in [-0.05, 0) is 25.7 Å². The minimum absolute atomic E-state index is 0.0399. The molecule has 2 aliphatic rings. The summed E-state index contributed by atoms with van der Waals surface area (Å²) in [6.07, 6.45) is 2.83. The Kier molecular flexibility index (Phi) is 4.46. The fraction of sp³-hybridized carbons (Fsp3) is 0.769. The third-order valence-electron chi connectivity index (χ3n) is 4.16. The Labute approximate surface area is 117 Å². The van der Waals surface area contributed by atoms with Gasteiger partial charge in [0, 0.05) is 26.2 Å². The Morgan fingerprint density at radius 3 is 2.10 bits per heavy atom. The van der Waals surface area contributed by atoms with E-state index in [1.54, 1.807) is 4.90 Å². The van der Waals surface area contributed by atoms with Crippen LogP contribution in [-0.4, -0.2) is 59.0 Å². The molecular weight excluding hydrogens is 262 g/mol. The molecule has 7 nitrogen and oxygen atoms in total. The number of hydrogen-bond acceptors (Lipinski definition) is 3. The average Bonchev–Trinajstić information content (AvgIpc) is 2.46. The van der Waals surface area contributed by atoms with Crippen molar-refractivity contribution in [2.75, 3.05) is 26.2 Å². The van der Waals surface area contributed by atoms with Gasteiger partial charge in [-0.3, -0.25) is 9.59 Å². The number of carboxylic acid groups (broad SMARTS) is 1. The van der Waals surface area contributed by atoms with Crippen LogP contribution in [0.5, 0.6) is 0 Å². The van der Waals surface area contributed by atoms with E-state index >= 15 is 0 Å². The molecule has 3 amide bonds. The maximum atomic E-state index is 12.4. The standard InChI is InChI=1S/C13H21N3O4/c14-13(20)16-6-1-3-9(7-16)11(17)15-5-2-4-10(8-15)12(18)19/h9-10H,1-8H2,(H2,14,20)(H,18,19)/t9?,10-/m1/s1. The van der Waals surface area contributed by atoms with Gasteiger partial charge in [0.05, 0.1) is 11.8 Å². The number of primary amides is 1. The molecule has 0 aromatic rings. The van der Waals surface area contributed by atoms with E-state index in [1.807, 2.05) is 0 Å². The highest BCUT2D eigenvalue weighted by molar-refractivity contribution is 5.81. The predicted octanol–water partition coefficient (Wildman–Crippen LogP) is 0.100. The van der Waals surface area contributed by atoms with Crippen molar-refractivity contribution in [3.63, 3.8) is 0 Å². The van der Waals surface area contributed by atoms with E-state index in [2.05, 4.69) is 0 Å². The number of rotatable bonds is 2. The highest BCUT2D eigenvalue weighted by Gasteiger charge is 2.34. The molecule has 20 heavy (non-hydrogen) atoms. The van der Waals surface area contributed by atoms with Crippen molar-refractivity contribution in [1.82, 2.24) is 9.80 Å². The van der Waals surface area contributed by atoms with Crippen LogP contribution in [0.2, 0.25) is 0 Å². The van der Waals surface area contributed by atoms with Gasteiger partial charge in [0.15, 0.2) is 0 Å². The van der Waals surface area contributed by atoms with E-state index in [1.165, 1.54) is 4.90 Å². The van der Waals surface area contributed by atoms with Crippen LogP contribution in [0.25, 0.3) is 0 Å². The van der Waals surface area contributed by atoms with E-state index in [4.69, 9.17) is 10.8 Å². The summed E-state index contributed by atoms with van der Waals surface area (Å²) in [6, 6.07) is -0.496. The number of likely N-dealkylation sites (tertiary alicyclic amines) is 2. The molecule has 2 rings (SSSR count). The topological polar surface area (TPSA) is 104 Å². The Bertz CT molecular complexity index is 376. The molecule has 2 aliphatic heterocycles. The number of piperidine rings is 2. The molecule has 0 radical (unpaired) electrons. The van der Waals surface area contributed by atoms with Crippen LogP contribution in [-0.2, 0) is 9.59 Å². The quantitative estimate of drug-likeness (QED) is 0.750. The molecule has 7 heteroatoms. The summed E-state index contributed by atoms with van der Waals surface area (Å²) < 4.78 is 0. The lowest BCUT2D eigenvalue weighted by atomic mass is 9.93. The Hall–Kier alpha value is -1.79. The molecule has 1 unspecified atom stereocenters. The van der Waals surface area contributed by atoms with Crippen LogP contribution >= 0.6 is 0 Å². The molecular formula is C13H21N3O4. The fourth-order valence-corrected chi connectivity index (χ4v) is 3.02. The third-order valence-corrected chi connectivity index (χ3v) is 4.16. The molecule has 0 aliphatic carbocycles. The van der Waals surface area contributed by atoms with Gasteiger partial charge in [-0.25, -0.2) is 4.79 Å². The van der Waals surface area contributed by atoms with Crippen molar-refractivity contribution in [3.05, 3.63) is 0 Å². The van der Waals surface area contributed by atoms with Gasteiger partial charge in [-0.15, -0.1) is 0 Å². The number of carbonyl (C=O) groups is 3. The predicted molar refractivity (Wildman–Crippen MR) is 70.8 cm³/mol. The molecule has 0 saturated carbocycles. The van der Waals surface area contributed by atoms with E-state index in [0.29, 0.717) is 26.1 Å². The summed E-state index contributed by atoms with van der Waals surface area (Å²) in [6.45, 7) is 1.83. The maximum absolute atomic E-state index is 12.4. The lowest BCUT2D eigenvalue weighted by Crippen LogP contribution is -2.50. The summed E-state index contributed by atoms with van der Waals surface area (Å²) in [7, 11) is 0. The molecule has 0 aromatic heterocycles. The van der Waals surface area contributed by atoms with Crippen molar-refractivity contribution in [3.8, 4) is 0 Å². The van der Waals surface area contributed by atoms with Gasteiger partial charge in [-0.1, -0.05) is 0 Å². The first-order valence-electron chi connectivity index (χ1n) is 7.05. The second-order valence-electron chi connectivity index (χ2n) is 5.59. The number of carbonyl (C=O) groups excluding carboxylic acids is 2. The molecule has 2 atom stereocenters. The Morgan fingerprint density at radius 2 is 1.50 bits per heavy atom. The van der Waals surface area contributed by atoms with Crippen molar-refractivity contribution in [2.45, 2.75) is 25.7 Å². The molecule has 0 spiro atoms. The second-order valence-corrected chi connectivity index (χ2v) is 5.59. The Morgan fingerprint density at radius 1 is 0.950 bits per heavy atom. The largest absolute Gasteiger partial charge is 0.481 e. The first-order chi connectivity index (χ1) is 9.49. The van der Waals surface area contributed by atoms with E-state index in [-0.39, 0.29) is 18.4 Å². The minimum atomic E-state index is -0.843. The van der Waals surface area contributed by atoms with Crippen molar-refractivity contribution in [2.24, 2.45) is 17.6 Å². The van der Waals surface area contributed by atoms with Gasteiger partial charge in [-0.2, -0.15) is 0 Å². The highest BCUT2D eigenvalue weighted by Crippen LogP contribution is 2.23. The first-order valence-corrected chi connectivity index (χ1v) is 7.05. The summed E-state index contributed by atoms with van der Waals surface area (Å²) in [4.78, 5) is 37.8. The lowest BCUT2D eigenvalue weighted by molar-refractivity contribution is -0.147. The van der Waals surface area contributed by atoms with Crippen molar-refractivity contribution in [1.29, 1.82) is 0 Å². The summed E-state index contributed by atoms with van der Waals surface area (Å²) in [5.41, 5.74) is 5.25. The molecule has 2 fully saturated rings. The van der Waals surface area contributed by atoms with Gasteiger partial charge in [0.25, 0.3) is 0 Å². The summed E-state index contributed by atoms with van der Waals surface area (Å²) >= 11 is 0. The van der Waals surface area contributed by atoms with E-state index < -0.39 is 17.9 Å². The van der Waals surface area contributed by atoms with Gasteiger partial charge >= 0.3 is 12.0 Å². The zero-order valence-corrected chi connectivity index (χ0v) is 11.5. The van der Waals surface area contributed by atoms with Gasteiger partial charge in [0.1, 0.15) is 0 Å². The van der Waals surface area contributed by atoms with Gasteiger partial charge < -0.3 is 20.6 Å². The third kappa shape index (κ3) is 3.20. The zero-order chi connectivity index (χ0) is 14.7. The first kappa shape index (κ1) is 14.6. The van der Waals surface area contributed by atoms with Crippen LogP contribution in [0, 0.1) is 11.8 Å². The highest BCUT2D eigenvalue weighted by atomic mass is 16.4. The monoisotopic (exact) mass is 283 g/mol. The molecule has 0 bridgehead atoms. The normalized spacial score (nSPS) is 27.2. The van der Waals surface area contributed by atoms with Crippen LogP contribution in [0.4, 0.5) is 4.79 Å². The van der Waals surface area contributed by atoms with Crippen LogP contribution in [0.15, 0.2) is 0 Å². The number of urea groups is 1. The SMILES string of the molecule is NC(=O)N1CCCC(C(=O)N2CCC[C@@H](C(=O)O)C2)C1. The van der Waals surface area contributed by atoms with Crippen molar-refractivity contribution >= 4 is 17.9 Å². The number of carboxylic acids is 1. The second kappa shape index (κ2) is 6.11.